The molecule has 1 atom stereocenters. The van der Waals surface area contributed by atoms with E-state index in [2.05, 4.69) is 28.5 Å². The number of benzene rings is 1. The van der Waals surface area contributed by atoms with Crippen LogP contribution < -0.4 is 11.1 Å². The number of nitrogens with two attached hydrogens (primary N) is 1. The number of aliphatic hydroxyl groups is 1. The van der Waals surface area contributed by atoms with Gasteiger partial charge in [0, 0.05) is 24.3 Å². The second-order valence-corrected chi connectivity index (χ2v) is 6.75. The summed E-state index contributed by atoms with van der Waals surface area (Å²) in [4.78, 5) is 4.53. The molecule has 2 aliphatic rings. The SMILES string of the molecule is NC(=NCC1(CCO)CCOC1)Nc1cccc2c1CCCC2. The smallest absolute Gasteiger partial charge is 0.193 e. The number of aryl methyl sites for hydroxylation is 1. The van der Waals surface area contributed by atoms with E-state index in [-0.39, 0.29) is 12.0 Å². The van der Waals surface area contributed by atoms with Gasteiger partial charge in [-0.05, 0) is 55.7 Å². The first-order chi connectivity index (χ1) is 11.2. The van der Waals surface area contributed by atoms with E-state index in [1.54, 1.807) is 0 Å². The van der Waals surface area contributed by atoms with Gasteiger partial charge >= 0.3 is 0 Å². The lowest BCUT2D eigenvalue weighted by atomic mass is 9.84. The van der Waals surface area contributed by atoms with E-state index in [9.17, 15) is 5.11 Å². The number of hydrogen-bond acceptors (Lipinski definition) is 3. The summed E-state index contributed by atoms with van der Waals surface area (Å²) in [7, 11) is 0. The van der Waals surface area contributed by atoms with E-state index < -0.39 is 0 Å². The highest BCUT2D eigenvalue weighted by atomic mass is 16.5. The fourth-order valence-corrected chi connectivity index (χ4v) is 3.62. The van der Waals surface area contributed by atoms with Crippen LogP contribution in [-0.2, 0) is 17.6 Å². The maximum Gasteiger partial charge on any atom is 0.193 e. The quantitative estimate of drug-likeness (QED) is 0.574. The van der Waals surface area contributed by atoms with Crippen LogP contribution >= 0.6 is 0 Å². The minimum atomic E-state index is -0.0584. The summed E-state index contributed by atoms with van der Waals surface area (Å²) in [6, 6.07) is 6.37. The van der Waals surface area contributed by atoms with Crippen LogP contribution in [-0.4, -0.2) is 37.4 Å². The van der Waals surface area contributed by atoms with Crippen molar-refractivity contribution < 1.29 is 9.84 Å². The molecule has 1 aliphatic heterocycles. The van der Waals surface area contributed by atoms with E-state index in [4.69, 9.17) is 10.5 Å². The number of aliphatic imine (C=N–C) groups is 1. The van der Waals surface area contributed by atoms with Gasteiger partial charge in [-0.3, -0.25) is 4.99 Å². The van der Waals surface area contributed by atoms with Gasteiger partial charge in [-0.15, -0.1) is 0 Å². The number of nitrogens with one attached hydrogen (secondary N) is 1. The number of hydrogen-bond donors (Lipinski definition) is 3. The number of rotatable bonds is 5. The van der Waals surface area contributed by atoms with Gasteiger partial charge in [0.2, 0.25) is 0 Å². The van der Waals surface area contributed by atoms with Crippen molar-refractivity contribution >= 4 is 11.6 Å². The van der Waals surface area contributed by atoms with Crippen molar-refractivity contribution in [3.8, 4) is 0 Å². The third-order valence-corrected chi connectivity index (χ3v) is 5.07. The predicted molar refractivity (Wildman–Crippen MR) is 92.8 cm³/mol. The first-order valence-corrected chi connectivity index (χ1v) is 8.59. The highest BCUT2D eigenvalue weighted by molar-refractivity contribution is 5.93. The first kappa shape index (κ1) is 16.3. The van der Waals surface area contributed by atoms with Gasteiger partial charge in [-0.2, -0.15) is 0 Å². The molecule has 0 bridgehead atoms. The molecule has 5 heteroatoms. The van der Waals surface area contributed by atoms with Gasteiger partial charge in [0.15, 0.2) is 5.96 Å². The standard InChI is InChI=1S/C18H27N3O2/c19-17(20-12-18(8-10-22)9-11-23-13-18)21-16-7-3-5-14-4-1-2-6-15(14)16/h3,5,7,22H,1-2,4,6,8-13H2,(H3,19,20,21). The van der Waals surface area contributed by atoms with Crippen molar-refractivity contribution in [2.24, 2.45) is 16.1 Å². The van der Waals surface area contributed by atoms with Gasteiger partial charge in [0.25, 0.3) is 0 Å². The Bertz CT molecular complexity index is 565. The molecule has 4 N–H and O–H groups in total. The molecule has 1 aromatic carbocycles. The van der Waals surface area contributed by atoms with Gasteiger partial charge in [0.1, 0.15) is 0 Å². The lowest BCUT2D eigenvalue weighted by molar-refractivity contribution is 0.131. The summed E-state index contributed by atoms with van der Waals surface area (Å²) in [6.07, 6.45) is 6.41. The largest absolute Gasteiger partial charge is 0.396 e. The Morgan fingerprint density at radius 1 is 1.35 bits per heavy atom. The maximum absolute atomic E-state index is 9.27. The third kappa shape index (κ3) is 3.85. The van der Waals surface area contributed by atoms with Gasteiger partial charge in [-0.25, -0.2) is 0 Å². The molecule has 0 spiro atoms. The molecule has 5 nitrogen and oxygen atoms in total. The summed E-state index contributed by atoms with van der Waals surface area (Å²) >= 11 is 0. The van der Waals surface area contributed by atoms with Crippen LogP contribution in [0.5, 0.6) is 0 Å². The summed E-state index contributed by atoms with van der Waals surface area (Å²) in [5.41, 5.74) is 9.94. The molecule has 0 amide bonds. The zero-order valence-corrected chi connectivity index (χ0v) is 13.7. The molecule has 1 saturated heterocycles. The Morgan fingerprint density at radius 2 is 2.22 bits per heavy atom. The van der Waals surface area contributed by atoms with E-state index >= 15 is 0 Å². The number of nitrogens with zero attached hydrogens (tertiary/aromatic N) is 1. The second kappa shape index (κ2) is 7.32. The molecule has 126 valence electrons. The molecule has 0 radical (unpaired) electrons. The molecule has 0 saturated carbocycles. The van der Waals surface area contributed by atoms with Crippen molar-refractivity contribution in [3.63, 3.8) is 0 Å². The summed E-state index contributed by atoms with van der Waals surface area (Å²) in [5.74, 6) is 0.452. The van der Waals surface area contributed by atoms with Gasteiger partial charge in [0.05, 0.1) is 13.2 Å². The molecular formula is C18H27N3O2. The van der Waals surface area contributed by atoms with Crippen LogP contribution in [0.2, 0.25) is 0 Å². The van der Waals surface area contributed by atoms with Crippen LogP contribution in [0.15, 0.2) is 23.2 Å². The molecule has 3 rings (SSSR count). The molecular weight excluding hydrogens is 290 g/mol. The molecule has 1 fully saturated rings. The number of guanidine groups is 1. The van der Waals surface area contributed by atoms with Crippen LogP contribution in [0, 0.1) is 5.41 Å². The lowest BCUT2D eigenvalue weighted by Crippen LogP contribution is -2.30. The molecule has 1 aromatic rings. The van der Waals surface area contributed by atoms with Crippen LogP contribution in [0.25, 0.3) is 0 Å². The highest BCUT2D eigenvalue weighted by Crippen LogP contribution is 2.32. The number of ether oxygens (including phenoxy) is 1. The Labute approximate surface area is 137 Å². The summed E-state index contributed by atoms with van der Waals surface area (Å²) in [5, 5.41) is 12.6. The summed E-state index contributed by atoms with van der Waals surface area (Å²) < 4.78 is 5.50. The van der Waals surface area contributed by atoms with Crippen LogP contribution in [0.3, 0.4) is 0 Å². The van der Waals surface area contributed by atoms with Crippen molar-refractivity contribution in [1.82, 2.24) is 0 Å². The fraction of sp³-hybridized carbons (Fsp3) is 0.611. The zero-order valence-electron chi connectivity index (χ0n) is 13.7. The van der Waals surface area contributed by atoms with E-state index in [1.807, 2.05) is 0 Å². The van der Waals surface area contributed by atoms with E-state index in [0.717, 1.165) is 31.6 Å². The Balaban J connectivity index is 1.68. The lowest BCUT2D eigenvalue weighted by Gasteiger charge is -2.24. The molecule has 0 aromatic heterocycles. The monoisotopic (exact) mass is 317 g/mol. The normalized spacial score (nSPS) is 24.5. The number of aliphatic hydroxyl groups excluding tert-OH is 1. The second-order valence-electron chi connectivity index (χ2n) is 6.75. The predicted octanol–water partition coefficient (Wildman–Crippen LogP) is 2.08. The average molecular weight is 317 g/mol. The average Bonchev–Trinajstić information content (AvgIpc) is 3.03. The third-order valence-electron chi connectivity index (χ3n) is 5.07. The molecule has 23 heavy (non-hydrogen) atoms. The Hall–Kier alpha value is -1.59. The maximum atomic E-state index is 9.27. The molecule has 1 heterocycles. The minimum Gasteiger partial charge on any atom is -0.396 e. The highest BCUT2D eigenvalue weighted by Gasteiger charge is 2.34. The van der Waals surface area contributed by atoms with Crippen molar-refractivity contribution in [1.29, 1.82) is 0 Å². The van der Waals surface area contributed by atoms with E-state index in [0.29, 0.717) is 25.5 Å². The minimum absolute atomic E-state index is 0.0584. The topological polar surface area (TPSA) is 79.9 Å². The van der Waals surface area contributed by atoms with Crippen LogP contribution in [0.4, 0.5) is 5.69 Å². The van der Waals surface area contributed by atoms with Gasteiger partial charge in [-0.1, -0.05) is 12.1 Å². The molecule has 1 unspecified atom stereocenters. The fourth-order valence-electron chi connectivity index (χ4n) is 3.62. The summed E-state index contributed by atoms with van der Waals surface area (Å²) in [6.45, 7) is 2.17. The van der Waals surface area contributed by atoms with E-state index in [1.165, 1.54) is 24.0 Å². The number of fused-ring (bicyclic) bond motifs is 1. The Kier molecular flexibility index (Phi) is 5.18. The first-order valence-electron chi connectivity index (χ1n) is 8.59. The van der Waals surface area contributed by atoms with Crippen molar-refractivity contribution in [2.75, 3.05) is 31.7 Å². The zero-order chi connectivity index (χ0) is 16.1. The van der Waals surface area contributed by atoms with Crippen molar-refractivity contribution in [3.05, 3.63) is 29.3 Å². The Morgan fingerprint density at radius 3 is 3.00 bits per heavy atom. The molecule has 1 aliphatic carbocycles. The van der Waals surface area contributed by atoms with Gasteiger partial charge < -0.3 is 20.9 Å². The number of anilines is 1. The van der Waals surface area contributed by atoms with Crippen molar-refractivity contribution in [2.45, 2.75) is 38.5 Å². The van der Waals surface area contributed by atoms with Crippen LogP contribution in [0.1, 0.15) is 36.8 Å².